The Morgan fingerprint density at radius 3 is 2.87 bits per heavy atom. The van der Waals surface area contributed by atoms with Gasteiger partial charge in [0.2, 0.25) is 0 Å². The number of allylic oxidation sites excluding steroid dienone is 2. The van der Waals surface area contributed by atoms with Gasteiger partial charge in [0.15, 0.2) is 0 Å². The van der Waals surface area contributed by atoms with E-state index in [-0.39, 0.29) is 0 Å². The van der Waals surface area contributed by atoms with Crippen molar-refractivity contribution in [2.75, 3.05) is 0 Å². The van der Waals surface area contributed by atoms with E-state index in [1.165, 1.54) is 6.20 Å². The van der Waals surface area contributed by atoms with Gasteiger partial charge in [-0.15, -0.1) is 0 Å². The molecule has 0 spiro atoms. The maximum atomic E-state index is 12.6. The molecule has 0 fully saturated rings. The Morgan fingerprint density at radius 1 is 1.47 bits per heavy atom. The molecule has 0 saturated heterocycles. The van der Waals surface area contributed by atoms with Crippen LogP contribution in [0.4, 0.5) is 8.63 Å². The molecular formula is C9H6BBrF2N2. The molecule has 1 aliphatic heterocycles. The molecule has 0 saturated carbocycles. The van der Waals surface area contributed by atoms with E-state index >= 15 is 0 Å². The van der Waals surface area contributed by atoms with Crippen LogP contribution in [0, 0.1) is 0 Å². The summed E-state index contributed by atoms with van der Waals surface area (Å²) in [4.78, 5) is 4.03. The first-order valence-corrected chi connectivity index (χ1v) is 5.05. The minimum absolute atomic E-state index is 0.420. The average Bonchev–Trinajstić information content (AvgIpc) is 2.88. The highest BCUT2D eigenvalue weighted by molar-refractivity contribution is 9.15. The lowest BCUT2D eigenvalue weighted by Gasteiger charge is -2.05. The predicted molar refractivity (Wildman–Crippen MR) is 61.3 cm³/mol. The number of halogens is 3. The van der Waals surface area contributed by atoms with E-state index in [1.54, 1.807) is 30.5 Å². The zero-order valence-corrected chi connectivity index (χ0v) is 9.16. The van der Waals surface area contributed by atoms with Gasteiger partial charge in [0.25, 0.3) is 0 Å². The van der Waals surface area contributed by atoms with Crippen LogP contribution in [0.5, 0.6) is 0 Å². The molecule has 0 radical (unpaired) electrons. The maximum Gasteiger partial charge on any atom is 0.677 e. The topological polar surface area (TPSA) is 17.3 Å². The maximum absolute atomic E-state index is 12.6. The van der Waals surface area contributed by atoms with E-state index in [1.807, 2.05) is 0 Å². The Labute approximate surface area is 94.3 Å². The Bertz CT molecular complexity index is 448. The van der Waals surface area contributed by atoms with Gasteiger partial charge in [-0.2, -0.15) is 0 Å². The largest absolute Gasteiger partial charge is 0.677 e. The zero-order chi connectivity index (χ0) is 10.8. The van der Waals surface area contributed by atoms with Crippen molar-refractivity contribution in [1.82, 2.24) is 4.48 Å². The summed E-state index contributed by atoms with van der Waals surface area (Å²) in [5.41, 5.74) is 1.07. The Morgan fingerprint density at radius 2 is 2.27 bits per heavy atom. The summed E-state index contributed by atoms with van der Waals surface area (Å²) in [6, 6.07) is 3.19. The van der Waals surface area contributed by atoms with Crippen LogP contribution in [0.25, 0.3) is 4.48 Å². The molecule has 0 amide bonds. The molecule has 76 valence electrons. The highest BCUT2D eigenvalue weighted by Crippen LogP contribution is 2.28. The second kappa shape index (κ2) is 4.14. The molecule has 0 atom stereocenters. The molecular weight excluding hydrogens is 265 g/mol. The van der Waals surface area contributed by atoms with Gasteiger partial charge < -0.3 is 4.48 Å². The standard InChI is InChI=1S/C9H6BBrF2N2/c11-9(7-3-1-5-14-7)8-4-2-6-15(8)10(12)13/h1-6H/b9-7+. The van der Waals surface area contributed by atoms with E-state index in [9.17, 15) is 8.63 Å². The number of nitrogens with zero attached hydrogens (tertiary/aromatic N) is 2. The molecule has 2 heterocycles. The summed E-state index contributed by atoms with van der Waals surface area (Å²) in [6.07, 6.45) is 6.47. The first-order chi connectivity index (χ1) is 7.20. The lowest BCUT2D eigenvalue weighted by atomic mass is 10.2. The van der Waals surface area contributed by atoms with Crippen molar-refractivity contribution >= 4 is 34.0 Å². The van der Waals surface area contributed by atoms with Crippen LogP contribution in [0.15, 0.2) is 41.2 Å². The molecule has 0 N–H and O–H groups in total. The quantitative estimate of drug-likeness (QED) is 0.736. The molecule has 15 heavy (non-hydrogen) atoms. The van der Waals surface area contributed by atoms with Crippen LogP contribution in [0.1, 0.15) is 5.69 Å². The fraction of sp³-hybridized carbons (Fsp3) is 0. The third-order valence-corrected chi connectivity index (χ3v) is 2.81. The molecule has 2 rings (SSSR count). The van der Waals surface area contributed by atoms with E-state index in [0.717, 1.165) is 4.48 Å². The first kappa shape index (κ1) is 10.4. The van der Waals surface area contributed by atoms with Gasteiger partial charge in [-0.25, -0.2) is 0 Å². The summed E-state index contributed by atoms with van der Waals surface area (Å²) in [6.45, 7) is 0. The summed E-state index contributed by atoms with van der Waals surface area (Å²) < 4.78 is 26.6. The minimum Gasteiger partial charge on any atom is -0.331 e. The van der Waals surface area contributed by atoms with Crippen molar-refractivity contribution in [3.8, 4) is 0 Å². The normalized spacial score (nSPS) is 17.3. The van der Waals surface area contributed by atoms with Crippen molar-refractivity contribution in [3.05, 3.63) is 41.9 Å². The second-order valence-corrected chi connectivity index (χ2v) is 3.71. The number of rotatable bonds is 2. The van der Waals surface area contributed by atoms with Gasteiger partial charge in [0.05, 0.1) is 10.2 Å². The highest BCUT2D eigenvalue weighted by atomic mass is 79.9. The SMILES string of the molecule is FB(F)n1cccc1/C(Br)=C1/C=CC=N1. The van der Waals surface area contributed by atoms with Crippen molar-refractivity contribution in [2.24, 2.45) is 4.99 Å². The molecule has 0 unspecified atom stereocenters. The fourth-order valence-corrected chi connectivity index (χ4v) is 1.88. The number of hydrogen-bond donors (Lipinski definition) is 0. The fourth-order valence-electron chi connectivity index (χ4n) is 1.31. The molecule has 6 heteroatoms. The second-order valence-electron chi connectivity index (χ2n) is 2.91. The van der Waals surface area contributed by atoms with Gasteiger partial charge in [-0.05, 0) is 46.4 Å². The van der Waals surface area contributed by atoms with Crippen molar-refractivity contribution < 1.29 is 8.63 Å². The predicted octanol–water partition coefficient (Wildman–Crippen LogP) is 2.96. The van der Waals surface area contributed by atoms with Crippen LogP contribution >= 0.6 is 15.9 Å². The monoisotopic (exact) mass is 270 g/mol. The molecule has 0 aliphatic carbocycles. The molecule has 0 aromatic carbocycles. The molecule has 1 aliphatic rings. The number of aromatic nitrogens is 1. The van der Waals surface area contributed by atoms with Crippen molar-refractivity contribution in [1.29, 1.82) is 0 Å². The Balaban J connectivity index is 2.46. The highest BCUT2D eigenvalue weighted by Gasteiger charge is 2.21. The Kier molecular flexibility index (Phi) is 2.86. The summed E-state index contributed by atoms with van der Waals surface area (Å²) in [5.74, 6) is 0. The van der Waals surface area contributed by atoms with Crippen LogP contribution in [0.2, 0.25) is 0 Å². The van der Waals surface area contributed by atoms with Crippen molar-refractivity contribution in [2.45, 2.75) is 0 Å². The van der Waals surface area contributed by atoms with E-state index in [2.05, 4.69) is 20.9 Å². The van der Waals surface area contributed by atoms with Gasteiger partial charge in [-0.1, -0.05) is 0 Å². The van der Waals surface area contributed by atoms with E-state index < -0.39 is 7.40 Å². The van der Waals surface area contributed by atoms with Crippen LogP contribution in [-0.4, -0.2) is 18.1 Å². The van der Waals surface area contributed by atoms with Gasteiger partial charge >= 0.3 is 7.40 Å². The smallest absolute Gasteiger partial charge is 0.331 e. The van der Waals surface area contributed by atoms with E-state index in [4.69, 9.17) is 0 Å². The number of aliphatic imine (C=N–C) groups is 1. The minimum atomic E-state index is -2.54. The van der Waals surface area contributed by atoms with E-state index in [0.29, 0.717) is 15.9 Å². The average molecular weight is 271 g/mol. The number of hydrogen-bond acceptors (Lipinski definition) is 1. The van der Waals surface area contributed by atoms with Crippen LogP contribution in [-0.2, 0) is 0 Å². The summed E-state index contributed by atoms with van der Waals surface area (Å²) in [5, 5.41) is 0. The molecule has 1 aromatic rings. The molecule has 0 bridgehead atoms. The van der Waals surface area contributed by atoms with Gasteiger partial charge in [0, 0.05) is 11.9 Å². The zero-order valence-electron chi connectivity index (χ0n) is 7.57. The first-order valence-electron chi connectivity index (χ1n) is 4.26. The lowest BCUT2D eigenvalue weighted by Crippen LogP contribution is -2.13. The summed E-state index contributed by atoms with van der Waals surface area (Å²) in [7, 11) is -2.54. The van der Waals surface area contributed by atoms with Crippen molar-refractivity contribution in [3.63, 3.8) is 0 Å². The molecule has 1 aromatic heterocycles. The van der Waals surface area contributed by atoms with Gasteiger partial charge in [0.1, 0.15) is 0 Å². The Hall–Kier alpha value is -1.17. The lowest BCUT2D eigenvalue weighted by molar-refractivity contribution is 0.628. The summed E-state index contributed by atoms with van der Waals surface area (Å²) >= 11 is 3.27. The van der Waals surface area contributed by atoms with Crippen LogP contribution in [0.3, 0.4) is 0 Å². The van der Waals surface area contributed by atoms with Gasteiger partial charge in [-0.3, -0.25) is 13.6 Å². The molecule has 2 nitrogen and oxygen atoms in total. The van der Waals surface area contributed by atoms with Crippen LogP contribution < -0.4 is 0 Å². The third-order valence-electron chi connectivity index (χ3n) is 1.99. The third kappa shape index (κ3) is 1.94.